The Labute approximate surface area is 153 Å². The molecule has 1 aromatic heterocycles. The molecule has 2 N–H and O–H groups in total. The molecule has 0 saturated carbocycles. The van der Waals surface area contributed by atoms with E-state index in [9.17, 15) is 13.6 Å². The van der Waals surface area contributed by atoms with E-state index in [2.05, 4.69) is 15.3 Å². The Kier molecular flexibility index (Phi) is 4.18. The molecule has 0 spiro atoms. The van der Waals surface area contributed by atoms with Gasteiger partial charge < -0.3 is 19.8 Å². The Balaban J connectivity index is 1.80. The summed E-state index contributed by atoms with van der Waals surface area (Å²) in [6.45, 7) is 2.05. The number of aromatic nitrogens is 2. The first-order valence-corrected chi connectivity index (χ1v) is 8.47. The largest absolute Gasteiger partial charge is 0.493 e. The number of carbonyl (C=O) groups excluding carboxylic acids is 1. The van der Waals surface area contributed by atoms with Gasteiger partial charge in [-0.25, -0.2) is 13.8 Å². The van der Waals surface area contributed by atoms with Crippen LogP contribution in [-0.4, -0.2) is 29.5 Å². The van der Waals surface area contributed by atoms with Crippen LogP contribution in [0.15, 0.2) is 24.3 Å². The number of imidazole rings is 1. The van der Waals surface area contributed by atoms with E-state index in [0.29, 0.717) is 34.6 Å². The Morgan fingerprint density at radius 2 is 2.15 bits per heavy atom. The summed E-state index contributed by atoms with van der Waals surface area (Å²) >= 11 is 0. The first-order valence-electron chi connectivity index (χ1n) is 8.47. The molecule has 1 aliphatic rings. The van der Waals surface area contributed by atoms with E-state index in [-0.39, 0.29) is 23.8 Å². The molecule has 8 heteroatoms. The monoisotopic (exact) mass is 373 g/mol. The molecule has 4 rings (SSSR count). The number of nitrogens with one attached hydrogen (secondary N) is 2. The highest BCUT2D eigenvalue weighted by Crippen LogP contribution is 2.39. The highest BCUT2D eigenvalue weighted by molar-refractivity contribution is 5.99. The van der Waals surface area contributed by atoms with Gasteiger partial charge in [0, 0.05) is 31.2 Å². The molecule has 6 nitrogen and oxygen atoms in total. The van der Waals surface area contributed by atoms with Crippen LogP contribution in [0.3, 0.4) is 0 Å². The highest BCUT2D eigenvalue weighted by Gasteiger charge is 2.29. The van der Waals surface area contributed by atoms with Crippen LogP contribution >= 0.6 is 0 Å². The standard InChI is InChI=1S/C19H17F2N3O3/c1-9-23-13-5-10(19(25)22-2)6-16(18(13)24-9)27-14-3-4-26-15-8-11(20)7-12(21)17(14)15/h5-8,14H,3-4H2,1-2H3,(H,22,25)(H,23,24)/t14-/m1/s1. The van der Waals surface area contributed by atoms with E-state index in [1.54, 1.807) is 19.1 Å². The molecule has 0 saturated heterocycles. The number of benzene rings is 2. The first kappa shape index (κ1) is 17.3. The summed E-state index contributed by atoms with van der Waals surface area (Å²) in [5.41, 5.74) is 1.72. The maximum Gasteiger partial charge on any atom is 0.251 e. The minimum Gasteiger partial charge on any atom is -0.493 e. The normalized spacial score (nSPS) is 15.9. The second kappa shape index (κ2) is 6.53. The van der Waals surface area contributed by atoms with Crippen LogP contribution in [0, 0.1) is 18.6 Å². The quantitative estimate of drug-likeness (QED) is 0.738. The zero-order valence-corrected chi connectivity index (χ0v) is 14.7. The molecule has 1 aliphatic heterocycles. The molecular formula is C19H17F2N3O3. The molecule has 2 heterocycles. The number of carbonyl (C=O) groups is 1. The maximum absolute atomic E-state index is 14.4. The Bertz CT molecular complexity index is 1050. The average Bonchev–Trinajstić information content (AvgIpc) is 3.01. The number of hydrogen-bond donors (Lipinski definition) is 2. The van der Waals surface area contributed by atoms with Crippen molar-refractivity contribution < 1.29 is 23.0 Å². The zero-order chi connectivity index (χ0) is 19.1. The Hall–Kier alpha value is -3.16. The molecule has 0 aliphatic carbocycles. The average molecular weight is 373 g/mol. The van der Waals surface area contributed by atoms with E-state index in [4.69, 9.17) is 9.47 Å². The van der Waals surface area contributed by atoms with Crippen LogP contribution in [0.1, 0.15) is 34.3 Å². The lowest BCUT2D eigenvalue weighted by molar-refractivity contribution is 0.0961. The number of nitrogens with zero attached hydrogens (tertiary/aromatic N) is 1. The summed E-state index contributed by atoms with van der Waals surface area (Å²) < 4.78 is 39.3. The van der Waals surface area contributed by atoms with Gasteiger partial charge in [0.1, 0.15) is 40.6 Å². The fraction of sp³-hybridized carbons (Fsp3) is 0.263. The van der Waals surface area contributed by atoms with Gasteiger partial charge in [-0.15, -0.1) is 0 Å². The topological polar surface area (TPSA) is 76.2 Å². The third-order valence-corrected chi connectivity index (χ3v) is 4.44. The zero-order valence-electron chi connectivity index (χ0n) is 14.7. The van der Waals surface area contributed by atoms with Gasteiger partial charge >= 0.3 is 0 Å². The second-order valence-electron chi connectivity index (χ2n) is 6.31. The van der Waals surface area contributed by atoms with Crippen molar-refractivity contribution >= 4 is 16.9 Å². The number of hydrogen-bond acceptors (Lipinski definition) is 4. The smallest absolute Gasteiger partial charge is 0.251 e. The number of fused-ring (bicyclic) bond motifs is 2. The molecule has 2 aromatic carbocycles. The highest BCUT2D eigenvalue weighted by atomic mass is 19.1. The lowest BCUT2D eigenvalue weighted by atomic mass is 10.0. The lowest BCUT2D eigenvalue weighted by Gasteiger charge is -2.27. The Morgan fingerprint density at radius 1 is 1.33 bits per heavy atom. The van der Waals surface area contributed by atoms with Crippen molar-refractivity contribution in [2.24, 2.45) is 0 Å². The van der Waals surface area contributed by atoms with Gasteiger partial charge in [0.2, 0.25) is 0 Å². The second-order valence-corrected chi connectivity index (χ2v) is 6.31. The van der Waals surface area contributed by atoms with Crippen molar-refractivity contribution in [3.63, 3.8) is 0 Å². The fourth-order valence-electron chi connectivity index (χ4n) is 3.26. The van der Waals surface area contributed by atoms with E-state index in [1.165, 1.54) is 7.05 Å². The van der Waals surface area contributed by atoms with E-state index in [0.717, 1.165) is 12.1 Å². The number of halogens is 2. The van der Waals surface area contributed by atoms with Gasteiger partial charge in [-0.1, -0.05) is 0 Å². The third kappa shape index (κ3) is 3.07. The molecule has 0 fully saturated rings. The summed E-state index contributed by atoms with van der Waals surface area (Å²) in [7, 11) is 1.53. The maximum atomic E-state index is 14.4. The third-order valence-electron chi connectivity index (χ3n) is 4.44. The van der Waals surface area contributed by atoms with Gasteiger partial charge in [-0.2, -0.15) is 0 Å². The van der Waals surface area contributed by atoms with Gasteiger partial charge in [-0.05, 0) is 19.1 Å². The Morgan fingerprint density at radius 3 is 2.93 bits per heavy atom. The summed E-state index contributed by atoms with van der Waals surface area (Å²) in [4.78, 5) is 19.5. The SMILES string of the molecule is CNC(=O)c1cc(O[C@@H]2CCOc3cc(F)cc(F)c32)c2nc(C)[nH]c2c1. The van der Waals surface area contributed by atoms with Gasteiger partial charge in [-0.3, -0.25) is 4.79 Å². The summed E-state index contributed by atoms with van der Waals surface area (Å²) in [5.74, 6) is -0.595. The molecule has 0 unspecified atom stereocenters. The van der Waals surface area contributed by atoms with Gasteiger partial charge in [0.15, 0.2) is 0 Å². The van der Waals surface area contributed by atoms with E-state index in [1.807, 2.05) is 0 Å². The predicted molar refractivity (Wildman–Crippen MR) is 94.1 cm³/mol. The number of aromatic amines is 1. The van der Waals surface area contributed by atoms with Crippen LogP contribution in [0.25, 0.3) is 11.0 Å². The molecule has 3 aromatic rings. The van der Waals surface area contributed by atoms with Crippen molar-refractivity contribution in [2.75, 3.05) is 13.7 Å². The van der Waals surface area contributed by atoms with Crippen molar-refractivity contribution in [3.05, 3.63) is 52.9 Å². The summed E-state index contributed by atoms with van der Waals surface area (Å²) in [5, 5.41) is 2.56. The van der Waals surface area contributed by atoms with Crippen LogP contribution in [0.4, 0.5) is 8.78 Å². The van der Waals surface area contributed by atoms with Gasteiger partial charge in [0.25, 0.3) is 5.91 Å². The molecule has 1 atom stereocenters. The predicted octanol–water partition coefficient (Wildman–Crippen LogP) is 3.41. The van der Waals surface area contributed by atoms with Crippen LogP contribution in [0.2, 0.25) is 0 Å². The summed E-state index contributed by atoms with van der Waals surface area (Å²) in [6, 6.07) is 5.19. The fourth-order valence-corrected chi connectivity index (χ4v) is 3.26. The van der Waals surface area contributed by atoms with Gasteiger partial charge in [0.05, 0.1) is 17.7 Å². The lowest BCUT2D eigenvalue weighted by Crippen LogP contribution is -2.21. The van der Waals surface area contributed by atoms with Crippen molar-refractivity contribution in [1.82, 2.24) is 15.3 Å². The number of rotatable bonds is 3. The number of ether oxygens (including phenoxy) is 2. The molecule has 1 amide bonds. The van der Waals surface area contributed by atoms with E-state index < -0.39 is 17.7 Å². The molecule has 140 valence electrons. The molecule has 0 bridgehead atoms. The van der Waals surface area contributed by atoms with E-state index >= 15 is 0 Å². The number of H-pyrrole nitrogens is 1. The van der Waals surface area contributed by atoms with Crippen LogP contribution in [0.5, 0.6) is 11.5 Å². The minimum atomic E-state index is -0.730. The number of aryl methyl sites for hydroxylation is 1. The first-order chi connectivity index (χ1) is 13.0. The molecular weight excluding hydrogens is 356 g/mol. The molecule has 27 heavy (non-hydrogen) atoms. The van der Waals surface area contributed by atoms with Crippen LogP contribution in [-0.2, 0) is 0 Å². The van der Waals surface area contributed by atoms with Crippen molar-refractivity contribution in [3.8, 4) is 11.5 Å². The van der Waals surface area contributed by atoms with Crippen LogP contribution < -0.4 is 14.8 Å². The molecule has 0 radical (unpaired) electrons. The summed E-state index contributed by atoms with van der Waals surface area (Å²) in [6.07, 6.45) is -0.306. The number of amides is 1. The van der Waals surface area contributed by atoms with Crippen molar-refractivity contribution in [1.29, 1.82) is 0 Å². The van der Waals surface area contributed by atoms with Crippen molar-refractivity contribution in [2.45, 2.75) is 19.4 Å². The minimum absolute atomic E-state index is 0.126.